The fraction of sp³-hybridized carbons (Fsp3) is 0.719. The van der Waals surface area contributed by atoms with Gasteiger partial charge in [-0.1, -0.05) is 33.8 Å². The van der Waals surface area contributed by atoms with Gasteiger partial charge < -0.3 is 35.1 Å². The number of primary amides is 1. The van der Waals surface area contributed by atoms with Gasteiger partial charge in [0, 0.05) is 32.6 Å². The normalized spacial score (nSPS) is 18.5. The fourth-order valence-electron chi connectivity index (χ4n) is 5.29. The van der Waals surface area contributed by atoms with Crippen LogP contribution in [-0.4, -0.2) is 80.8 Å². The molecule has 0 bridgehead atoms. The van der Waals surface area contributed by atoms with Crippen molar-refractivity contribution in [3.63, 3.8) is 0 Å². The van der Waals surface area contributed by atoms with Crippen LogP contribution in [0.2, 0.25) is 0 Å². The second-order valence-corrected chi connectivity index (χ2v) is 12.8. The molecule has 1 aromatic carbocycles. The maximum absolute atomic E-state index is 13.3. The highest BCUT2D eigenvalue weighted by atomic mass is 16.5. The number of nitrogens with two attached hydrogens (primary N) is 1. The first kappa shape index (κ1) is 36.1. The van der Waals surface area contributed by atoms with E-state index < -0.39 is 35.5 Å². The van der Waals surface area contributed by atoms with Crippen LogP contribution >= 0.6 is 0 Å². The molecule has 2 unspecified atom stereocenters. The number of carbonyl (C=O) groups excluding carboxylic acids is 2. The summed E-state index contributed by atoms with van der Waals surface area (Å²) >= 11 is 0. The van der Waals surface area contributed by atoms with Crippen molar-refractivity contribution in [1.82, 2.24) is 10.2 Å². The van der Waals surface area contributed by atoms with E-state index in [1.807, 2.05) is 32.0 Å². The van der Waals surface area contributed by atoms with Crippen LogP contribution in [0, 0.1) is 29.1 Å². The Bertz CT molecular complexity index is 1060. The number of rotatable bonds is 18. The summed E-state index contributed by atoms with van der Waals surface area (Å²) in [6, 6.07) is 5.49. The topological polar surface area (TPSA) is 150 Å². The lowest BCUT2D eigenvalue weighted by atomic mass is 9.80. The van der Waals surface area contributed by atoms with Crippen LogP contribution in [0.4, 0.5) is 4.79 Å². The van der Waals surface area contributed by atoms with Gasteiger partial charge in [0.2, 0.25) is 11.8 Å². The van der Waals surface area contributed by atoms with Crippen LogP contribution in [0.1, 0.15) is 66.4 Å². The summed E-state index contributed by atoms with van der Waals surface area (Å²) in [4.78, 5) is 38.6. The van der Waals surface area contributed by atoms with Gasteiger partial charge in [-0.3, -0.25) is 14.5 Å². The van der Waals surface area contributed by atoms with E-state index in [1.165, 1.54) is 4.90 Å². The van der Waals surface area contributed by atoms with Gasteiger partial charge in [-0.25, -0.2) is 4.79 Å². The summed E-state index contributed by atoms with van der Waals surface area (Å²) in [6.45, 7) is 12.7. The third-order valence-electron chi connectivity index (χ3n) is 8.47. The number of ether oxygens (including phenoxy) is 4. The van der Waals surface area contributed by atoms with E-state index >= 15 is 0 Å². The molecule has 1 heterocycles. The fourth-order valence-corrected chi connectivity index (χ4v) is 5.29. The van der Waals surface area contributed by atoms with Gasteiger partial charge in [-0.2, -0.15) is 0 Å². The minimum Gasteiger partial charge on any atom is -0.493 e. The van der Waals surface area contributed by atoms with E-state index in [4.69, 9.17) is 24.7 Å². The lowest BCUT2D eigenvalue weighted by molar-refractivity contribution is -0.130. The molecule has 11 heteroatoms. The largest absolute Gasteiger partial charge is 0.493 e. The Morgan fingerprint density at radius 1 is 1.09 bits per heavy atom. The Kier molecular flexibility index (Phi) is 14.0. The zero-order valence-electron chi connectivity index (χ0n) is 27.2. The number of hydrogen-bond donors (Lipinski definition) is 3. The first-order valence-electron chi connectivity index (χ1n) is 15.2. The minimum atomic E-state index is -1.04. The van der Waals surface area contributed by atoms with Crippen molar-refractivity contribution in [3.05, 3.63) is 23.8 Å². The molecule has 43 heavy (non-hydrogen) atoms. The molecular weight excluding hydrogens is 554 g/mol. The van der Waals surface area contributed by atoms with Crippen LogP contribution in [-0.2, 0) is 25.5 Å². The van der Waals surface area contributed by atoms with Gasteiger partial charge in [0.05, 0.1) is 31.3 Å². The average Bonchev–Trinajstić information content (AvgIpc) is 3.34. The van der Waals surface area contributed by atoms with Crippen molar-refractivity contribution in [2.75, 3.05) is 40.7 Å². The molecule has 2 rings (SSSR count). The van der Waals surface area contributed by atoms with Crippen LogP contribution in [0.3, 0.4) is 0 Å². The van der Waals surface area contributed by atoms with E-state index in [0.717, 1.165) is 12.0 Å². The molecule has 1 aromatic rings. The number of nitrogens with one attached hydrogen (secondary N) is 1. The molecule has 1 aliphatic heterocycles. The van der Waals surface area contributed by atoms with Gasteiger partial charge in [0.15, 0.2) is 11.5 Å². The number of methoxy groups -OCH3 is 2. The van der Waals surface area contributed by atoms with Crippen LogP contribution < -0.4 is 20.5 Å². The first-order valence-corrected chi connectivity index (χ1v) is 15.2. The van der Waals surface area contributed by atoms with E-state index in [2.05, 4.69) is 19.2 Å². The highest BCUT2D eigenvalue weighted by Gasteiger charge is 2.42. The van der Waals surface area contributed by atoms with Crippen molar-refractivity contribution in [2.45, 2.75) is 79.4 Å². The zero-order chi connectivity index (χ0) is 32.3. The second-order valence-electron chi connectivity index (χ2n) is 12.8. The van der Waals surface area contributed by atoms with Crippen molar-refractivity contribution in [2.24, 2.45) is 34.8 Å². The Morgan fingerprint density at radius 3 is 2.35 bits per heavy atom. The van der Waals surface area contributed by atoms with Gasteiger partial charge in [0.25, 0.3) is 0 Å². The SMILES string of the molecule is COCCCOc1cc(CC(C[C@H]2[C@H](CC(C(=O)NCC(C)(C)C(N)=O)C(C)C)OCN2C(=O)O)C(C)C)ccc1OC. The molecule has 244 valence electrons. The number of amides is 3. The van der Waals surface area contributed by atoms with Crippen molar-refractivity contribution in [3.8, 4) is 11.5 Å². The standard InChI is InChI=1S/C32H53N3O8/c1-20(2)23(14-22-10-11-26(41-8)28(15-22)42-13-9-12-40-7)16-25-27(43-19-35(25)31(38)39)17-24(21(3)4)29(36)34-18-32(5,6)30(33)37/h10-11,15,20-21,23-25,27H,9,12-14,16-19H2,1-8H3,(H2,33,37)(H,34,36)(H,38,39)/t23?,24?,25-,27-/m0/s1. The number of carbonyl (C=O) groups is 3. The number of carboxylic acid groups (broad SMARTS) is 1. The zero-order valence-corrected chi connectivity index (χ0v) is 27.2. The van der Waals surface area contributed by atoms with E-state index in [0.29, 0.717) is 44.0 Å². The Morgan fingerprint density at radius 2 is 1.79 bits per heavy atom. The predicted octanol–water partition coefficient (Wildman–Crippen LogP) is 4.31. The maximum atomic E-state index is 13.3. The highest BCUT2D eigenvalue weighted by Crippen LogP contribution is 2.35. The van der Waals surface area contributed by atoms with E-state index in [1.54, 1.807) is 28.1 Å². The molecular formula is C32H53N3O8. The molecule has 0 aromatic heterocycles. The van der Waals surface area contributed by atoms with Gasteiger partial charge in [-0.05, 0) is 68.6 Å². The molecule has 1 aliphatic rings. The average molecular weight is 608 g/mol. The lowest BCUT2D eigenvalue weighted by Gasteiger charge is -2.32. The second kappa shape index (κ2) is 16.7. The molecule has 0 aliphatic carbocycles. The quantitative estimate of drug-likeness (QED) is 0.209. The van der Waals surface area contributed by atoms with Gasteiger partial charge >= 0.3 is 6.09 Å². The first-order chi connectivity index (χ1) is 20.2. The molecule has 3 amide bonds. The monoisotopic (exact) mass is 607 g/mol. The Labute approximate surface area is 256 Å². The molecule has 11 nitrogen and oxygen atoms in total. The third-order valence-corrected chi connectivity index (χ3v) is 8.47. The summed E-state index contributed by atoms with van der Waals surface area (Å²) in [5.74, 6) is 0.561. The van der Waals surface area contributed by atoms with Crippen LogP contribution in [0.15, 0.2) is 18.2 Å². The number of hydrogen-bond acceptors (Lipinski definition) is 7. The summed E-state index contributed by atoms with van der Waals surface area (Å²) in [6.07, 6.45) is 0.914. The molecule has 4 atom stereocenters. The summed E-state index contributed by atoms with van der Waals surface area (Å²) in [5.41, 5.74) is 5.66. The van der Waals surface area contributed by atoms with Crippen LogP contribution in [0.5, 0.6) is 11.5 Å². The molecule has 0 spiro atoms. The molecule has 1 saturated heterocycles. The summed E-state index contributed by atoms with van der Waals surface area (Å²) < 4.78 is 22.6. The van der Waals surface area contributed by atoms with E-state index in [-0.39, 0.29) is 36.9 Å². The van der Waals surface area contributed by atoms with Crippen molar-refractivity contribution < 1.29 is 38.4 Å². The molecule has 1 fully saturated rings. The summed E-state index contributed by atoms with van der Waals surface area (Å²) in [7, 11) is 3.27. The van der Waals surface area contributed by atoms with E-state index in [9.17, 15) is 19.5 Å². The molecule has 4 N–H and O–H groups in total. The smallest absolute Gasteiger partial charge is 0.409 e. The number of nitrogens with zero attached hydrogens (tertiary/aromatic N) is 1. The lowest BCUT2D eigenvalue weighted by Crippen LogP contribution is -2.46. The van der Waals surface area contributed by atoms with Crippen molar-refractivity contribution in [1.29, 1.82) is 0 Å². The van der Waals surface area contributed by atoms with Crippen molar-refractivity contribution >= 4 is 17.9 Å². The minimum absolute atomic E-state index is 0.0256. The molecule has 0 radical (unpaired) electrons. The molecule has 0 saturated carbocycles. The Balaban J connectivity index is 2.23. The van der Waals surface area contributed by atoms with Crippen LogP contribution in [0.25, 0.3) is 0 Å². The maximum Gasteiger partial charge on any atom is 0.409 e. The summed E-state index contributed by atoms with van der Waals surface area (Å²) in [5, 5.41) is 12.9. The number of benzene rings is 1. The van der Waals surface area contributed by atoms with Gasteiger partial charge in [0.1, 0.15) is 6.73 Å². The van der Waals surface area contributed by atoms with Gasteiger partial charge in [-0.15, -0.1) is 0 Å². The Hall–Kier alpha value is -3.05. The predicted molar refractivity (Wildman–Crippen MR) is 164 cm³/mol. The third kappa shape index (κ3) is 10.6. The highest BCUT2D eigenvalue weighted by molar-refractivity contribution is 5.83.